The maximum Gasteiger partial charge on any atom is -0.0103 e. The number of allylic oxidation sites excluding steroid dienone is 1. The van der Waals surface area contributed by atoms with Crippen molar-refractivity contribution in [3.63, 3.8) is 0 Å². The lowest BCUT2D eigenvalue weighted by atomic mass is 9.86. The van der Waals surface area contributed by atoms with E-state index in [4.69, 9.17) is 5.73 Å². The lowest BCUT2D eigenvalue weighted by molar-refractivity contribution is 0.336. The first-order valence-electron chi connectivity index (χ1n) is 4.77. The standard InChI is InChI=1S/C10H17N/c11-5-1-2-9-6-8-3-4-10(9)7-8/h1,5,8-10H,2-4,6-7,11H2/b5-1-. The molecule has 0 spiro atoms. The van der Waals surface area contributed by atoms with E-state index >= 15 is 0 Å². The van der Waals surface area contributed by atoms with Crippen LogP contribution in [-0.4, -0.2) is 0 Å². The minimum Gasteiger partial charge on any atom is -0.405 e. The average Bonchev–Trinajstić information content (AvgIpc) is 2.60. The monoisotopic (exact) mass is 151 g/mol. The smallest absolute Gasteiger partial charge is 0.0103 e. The van der Waals surface area contributed by atoms with Gasteiger partial charge in [-0.25, -0.2) is 0 Å². The predicted molar refractivity (Wildman–Crippen MR) is 46.9 cm³/mol. The molecule has 0 radical (unpaired) electrons. The molecule has 1 nitrogen and oxygen atoms in total. The predicted octanol–water partition coefficient (Wildman–Crippen LogP) is 2.29. The van der Waals surface area contributed by atoms with E-state index < -0.39 is 0 Å². The molecule has 2 aliphatic carbocycles. The van der Waals surface area contributed by atoms with Crippen LogP contribution in [0.3, 0.4) is 0 Å². The summed E-state index contributed by atoms with van der Waals surface area (Å²) in [6.07, 6.45) is 11.1. The van der Waals surface area contributed by atoms with E-state index in [1.807, 2.05) is 0 Å². The lowest BCUT2D eigenvalue weighted by Crippen LogP contribution is -2.09. The highest BCUT2D eigenvalue weighted by molar-refractivity contribution is 4.93. The van der Waals surface area contributed by atoms with Gasteiger partial charge in [-0.15, -0.1) is 0 Å². The second-order valence-electron chi connectivity index (χ2n) is 4.10. The topological polar surface area (TPSA) is 26.0 Å². The van der Waals surface area contributed by atoms with Gasteiger partial charge in [0.15, 0.2) is 0 Å². The molecule has 3 unspecified atom stereocenters. The van der Waals surface area contributed by atoms with E-state index in [1.165, 1.54) is 32.1 Å². The summed E-state index contributed by atoms with van der Waals surface area (Å²) in [4.78, 5) is 0. The maximum atomic E-state index is 5.32. The molecule has 0 aromatic heterocycles. The van der Waals surface area contributed by atoms with Crippen LogP contribution in [0.2, 0.25) is 0 Å². The molecule has 62 valence electrons. The van der Waals surface area contributed by atoms with Crippen LogP contribution in [-0.2, 0) is 0 Å². The second-order valence-corrected chi connectivity index (χ2v) is 4.10. The van der Waals surface area contributed by atoms with Gasteiger partial charge in [0.2, 0.25) is 0 Å². The van der Waals surface area contributed by atoms with E-state index in [2.05, 4.69) is 6.08 Å². The van der Waals surface area contributed by atoms with E-state index in [-0.39, 0.29) is 0 Å². The van der Waals surface area contributed by atoms with Gasteiger partial charge in [0.05, 0.1) is 0 Å². The van der Waals surface area contributed by atoms with E-state index in [9.17, 15) is 0 Å². The van der Waals surface area contributed by atoms with Gasteiger partial charge in [-0.1, -0.05) is 12.5 Å². The zero-order valence-electron chi connectivity index (χ0n) is 7.00. The molecule has 2 rings (SSSR count). The minimum absolute atomic E-state index is 0.980. The van der Waals surface area contributed by atoms with Crippen LogP contribution < -0.4 is 5.73 Å². The Kier molecular flexibility index (Phi) is 1.89. The number of rotatable bonds is 2. The molecule has 0 aliphatic heterocycles. The van der Waals surface area contributed by atoms with Crippen LogP contribution in [0, 0.1) is 17.8 Å². The molecule has 0 amide bonds. The average molecular weight is 151 g/mol. The highest BCUT2D eigenvalue weighted by Gasteiger charge is 2.38. The fraction of sp³-hybridized carbons (Fsp3) is 0.800. The lowest BCUT2D eigenvalue weighted by Gasteiger charge is -2.19. The highest BCUT2D eigenvalue weighted by Crippen LogP contribution is 2.49. The Hall–Kier alpha value is -0.460. The van der Waals surface area contributed by atoms with Crippen molar-refractivity contribution in [2.24, 2.45) is 23.5 Å². The van der Waals surface area contributed by atoms with Gasteiger partial charge in [-0.3, -0.25) is 0 Å². The van der Waals surface area contributed by atoms with Gasteiger partial charge >= 0.3 is 0 Å². The van der Waals surface area contributed by atoms with E-state index in [0.29, 0.717) is 0 Å². The van der Waals surface area contributed by atoms with Crippen molar-refractivity contribution >= 4 is 0 Å². The number of nitrogens with two attached hydrogens (primary N) is 1. The van der Waals surface area contributed by atoms with Crippen LogP contribution in [0.15, 0.2) is 12.3 Å². The third-order valence-corrected chi connectivity index (χ3v) is 3.46. The third-order valence-electron chi connectivity index (χ3n) is 3.46. The molecule has 1 heteroatoms. The summed E-state index contributed by atoms with van der Waals surface area (Å²) in [5, 5.41) is 0. The first kappa shape index (κ1) is 7.20. The SMILES string of the molecule is N/C=C\CC1CC2CCC1C2. The second kappa shape index (κ2) is 2.88. The summed E-state index contributed by atoms with van der Waals surface area (Å²) in [6, 6.07) is 0. The molecule has 0 aromatic carbocycles. The zero-order chi connectivity index (χ0) is 7.68. The number of hydrogen-bond acceptors (Lipinski definition) is 1. The van der Waals surface area contributed by atoms with Crippen molar-refractivity contribution in [3.8, 4) is 0 Å². The molecule has 2 bridgehead atoms. The van der Waals surface area contributed by atoms with Crippen LogP contribution in [0.5, 0.6) is 0 Å². The largest absolute Gasteiger partial charge is 0.405 e. The van der Waals surface area contributed by atoms with Gasteiger partial charge in [-0.2, -0.15) is 0 Å². The van der Waals surface area contributed by atoms with Gasteiger partial charge in [0.25, 0.3) is 0 Å². The molecule has 2 aliphatic rings. The summed E-state index contributed by atoms with van der Waals surface area (Å²) in [6.45, 7) is 0. The molecule has 0 aromatic rings. The van der Waals surface area contributed by atoms with Crippen LogP contribution in [0.25, 0.3) is 0 Å². The summed E-state index contributed by atoms with van der Waals surface area (Å²) in [5.41, 5.74) is 5.32. The molecular weight excluding hydrogens is 134 g/mol. The van der Waals surface area contributed by atoms with Crippen LogP contribution in [0.4, 0.5) is 0 Å². The first-order valence-corrected chi connectivity index (χ1v) is 4.77. The van der Waals surface area contributed by atoms with Gasteiger partial charge in [0, 0.05) is 0 Å². The fourth-order valence-electron chi connectivity index (χ4n) is 2.92. The number of hydrogen-bond donors (Lipinski definition) is 1. The summed E-state index contributed by atoms with van der Waals surface area (Å²) in [7, 11) is 0. The molecule has 3 atom stereocenters. The van der Waals surface area contributed by atoms with Gasteiger partial charge < -0.3 is 5.73 Å². The van der Waals surface area contributed by atoms with Gasteiger partial charge in [-0.05, 0) is 49.6 Å². The van der Waals surface area contributed by atoms with Crippen molar-refractivity contribution in [1.29, 1.82) is 0 Å². The molecule has 0 heterocycles. The molecular formula is C10H17N. The Morgan fingerprint density at radius 2 is 2.18 bits per heavy atom. The van der Waals surface area contributed by atoms with Crippen molar-refractivity contribution in [3.05, 3.63) is 12.3 Å². The molecule has 0 saturated heterocycles. The van der Waals surface area contributed by atoms with Crippen LogP contribution in [0.1, 0.15) is 32.1 Å². The van der Waals surface area contributed by atoms with E-state index in [0.717, 1.165) is 17.8 Å². The van der Waals surface area contributed by atoms with Crippen molar-refractivity contribution in [1.82, 2.24) is 0 Å². The maximum absolute atomic E-state index is 5.32. The highest BCUT2D eigenvalue weighted by atomic mass is 14.5. The minimum atomic E-state index is 0.980. The molecule has 2 fully saturated rings. The molecule has 2 N–H and O–H groups in total. The summed E-state index contributed by atoms with van der Waals surface area (Å²) >= 11 is 0. The fourth-order valence-corrected chi connectivity index (χ4v) is 2.92. The normalized spacial score (nSPS) is 42.4. The van der Waals surface area contributed by atoms with E-state index in [1.54, 1.807) is 6.20 Å². The van der Waals surface area contributed by atoms with Crippen molar-refractivity contribution in [2.45, 2.75) is 32.1 Å². The summed E-state index contributed by atoms with van der Waals surface area (Å²) in [5.74, 6) is 3.11. The van der Waals surface area contributed by atoms with Gasteiger partial charge in [0.1, 0.15) is 0 Å². The molecule has 11 heavy (non-hydrogen) atoms. The van der Waals surface area contributed by atoms with Crippen molar-refractivity contribution < 1.29 is 0 Å². The third kappa shape index (κ3) is 1.29. The first-order chi connectivity index (χ1) is 5.40. The van der Waals surface area contributed by atoms with Crippen LogP contribution >= 0.6 is 0 Å². The Labute approximate surface area is 68.7 Å². The Morgan fingerprint density at radius 3 is 2.73 bits per heavy atom. The Bertz CT molecular complexity index is 162. The van der Waals surface area contributed by atoms with Crippen molar-refractivity contribution in [2.75, 3.05) is 0 Å². The zero-order valence-corrected chi connectivity index (χ0v) is 7.00. The molecule has 2 saturated carbocycles. The Balaban J connectivity index is 1.87. The quantitative estimate of drug-likeness (QED) is 0.643. The summed E-state index contributed by atoms with van der Waals surface area (Å²) < 4.78 is 0. The number of fused-ring (bicyclic) bond motifs is 2. The Morgan fingerprint density at radius 1 is 1.27 bits per heavy atom.